The van der Waals surface area contributed by atoms with E-state index in [0.29, 0.717) is 45.7 Å². The lowest BCUT2D eigenvalue weighted by Gasteiger charge is -2.26. The highest BCUT2D eigenvalue weighted by Crippen LogP contribution is 2.35. The summed E-state index contributed by atoms with van der Waals surface area (Å²) in [5.41, 5.74) is 0.275. The summed E-state index contributed by atoms with van der Waals surface area (Å²) >= 11 is 0. The smallest absolute Gasteiger partial charge is 0.338 e. The maximum Gasteiger partial charge on any atom is 0.338 e. The molecule has 1 saturated carbocycles. The van der Waals surface area contributed by atoms with Gasteiger partial charge in [0.25, 0.3) is 0 Å². The molecule has 1 aromatic rings. The van der Waals surface area contributed by atoms with Crippen molar-refractivity contribution in [1.29, 1.82) is 0 Å². The summed E-state index contributed by atoms with van der Waals surface area (Å²) in [4.78, 5) is 12.4. The molecule has 33 heavy (non-hydrogen) atoms. The van der Waals surface area contributed by atoms with Crippen LogP contribution in [0, 0.1) is 5.92 Å². The van der Waals surface area contributed by atoms with E-state index < -0.39 is 26.0 Å². The number of benzene rings is 1. The number of sulfonamides is 2. The number of nitrogens with one attached hydrogen (secondary N) is 2. The summed E-state index contributed by atoms with van der Waals surface area (Å²) in [5, 5.41) is 2.93. The average molecular weight is 502 g/mol. The lowest BCUT2D eigenvalue weighted by molar-refractivity contribution is 0.0499. The molecule has 2 saturated heterocycles. The molecule has 1 aromatic carbocycles. The topological polar surface area (TPSA) is 131 Å². The molecule has 2 N–H and O–H groups in total. The quantitative estimate of drug-likeness (QED) is 0.392. The molecule has 3 fully saturated rings. The third kappa shape index (κ3) is 5.57. The van der Waals surface area contributed by atoms with E-state index in [2.05, 4.69) is 10.0 Å². The van der Waals surface area contributed by atoms with Gasteiger partial charge in [-0.2, -0.15) is 9.03 Å². The SMILES string of the molecule is O=C(OCCCNC1NS(=O)(=O)C2CCCCC12)c1ccc(S(=O)(=O)N2CCOCC2)cc1. The lowest BCUT2D eigenvalue weighted by atomic mass is 9.87. The van der Waals surface area contributed by atoms with E-state index in [4.69, 9.17) is 9.47 Å². The van der Waals surface area contributed by atoms with E-state index in [-0.39, 0.29) is 34.4 Å². The zero-order valence-corrected chi connectivity index (χ0v) is 20.1. The monoisotopic (exact) mass is 501 g/mol. The molecule has 0 aromatic heterocycles. The number of esters is 1. The largest absolute Gasteiger partial charge is 0.462 e. The number of hydrogen-bond donors (Lipinski definition) is 2. The maximum atomic E-state index is 12.7. The number of nitrogens with zero attached hydrogens (tertiary/aromatic N) is 1. The van der Waals surface area contributed by atoms with Gasteiger partial charge in [-0.05, 0) is 50.1 Å². The minimum atomic E-state index is -3.61. The van der Waals surface area contributed by atoms with Gasteiger partial charge >= 0.3 is 5.97 Å². The van der Waals surface area contributed by atoms with E-state index in [1.165, 1.54) is 28.6 Å². The van der Waals surface area contributed by atoms with Crippen LogP contribution in [0.15, 0.2) is 29.2 Å². The first kappa shape index (κ1) is 24.6. The van der Waals surface area contributed by atoms with Gasteiger partial charge in [-0.3, -0.25) is 0 Å². The van der Waals surface area contributed by atoms with Crippen molar-refractivity contribution in [2.24, 2.45) is 5.92 Å². The highest BCUT2D eigenvalue weighted by molar-refractivity contribution is 7.90. The van der Waals surface area contributed by atoms with Crippen LogP contribution in [0.4, 0.5) is 0 Å². The Hall–Kier alpha value is -1.57. The Balaban J connectivity index is 1.22. The van der Waals surface area contributed by atoms with Crippen molar-refractivity contribution in [1.82, 2.24) is 14.3 Å². The number of fused-ring (bicyclic) bond motifs is 1. The summed E-state index contributed by atoms with van der Waals surface area (Å²) in [6.45, 7) is 2.04. The van der Waals surface area contributed by atoms with E-state index >= 15 is 0 Å². The van der Waals surface area contributed by atoms with Crippen LogP contribution in [0.1, 0.15) is 42.5 Å². The zero-order valence-electron chi connectivity index (χ0n) is 18.4. The molecule has 10 nitrogen and oxygen atoms in total. The van der Waals surface area contributed by atoms with Crippen LogP contribution in [-0.2, 0) is 29.5 Å². The Kier molecular flexibility index (Phi) is 7.71. The number of carbonyl (C=O) groups is 1. The maximum absolute atomic E-state index is 12.7. The van der Waals surface area contributed by atoms with E-state index in [1.54, 1.807) is 0 Å². The average Bonchev–Trinajstić information content (AvgIpc) is 3.09. The zero-order chi connectivity index (χ0) is 23.5. The van der Waals surface area contributed by atoms with Crippen LogP contribution < -0.4 is 10.0 Å². The van der Waals surface area contributed by atoms with E-state index in [1.807, 2.05) is 0 Å². The molecule has 0 radical (unpaired) electrons. The lowest BCUT2D eigenvalue weighted by Crippen LogP contribution is -2.43. The van der Waals surface area contributed by atoms with Crippen LogP contribution in [-0.4, -0.2) is 78.0 Å². The molecule has 2 heterocycles. The summed E-state index contributed by atoms with van der Waals surface area (Å²) in [5.74, 6) is -0.446. The van der Waals surface area contributed by atoms with Crippen LogP contribution in [0.2, 0.25) is 0 Å². The van der Waals surface area contributed by atoms with E-state index in [9.17, 15) is 21.6 Å². The highest BCUT2D eigenvalue weighted by Gasteiger charge is 2.47. The Bertz CT molecular complexity index is 1040. The second kappa shape index (κ2) is 10.4. The standard InChI is InChI=1S/C21H31N3O7S2/c25-21(16-6-8-17(9-7-16)33(28,29)24-11-14-30-15-12-24)31-13-3-10-22-20-18-4-1-2-5-19(18)32(26,27)23-20/h6-9,18-20,22-23H,1-5,10-15H2. The van der Waals surface area contributed by atoms with Gasteiger partial charge in [0, 0.05) is 19.0 Å². The number of ether oxygens (including phenoxy) is 2. The van der Waals surface area contributed by atoms with Crippen molar-refractivity contribution in [2.75, 3.05) is 39.5 Å². The Morgan fingerprint density at radius 1 is 1.15 bits per heavy atom. The molecular weight excluding hydrogens is 470 g/mol. The fraction of sp³-hybridized carbons (Fsp3) is 0.667. The summed E-state index contributed by atoms with van der Waals surface area (Å²) < 4.78 is 64.4. The van der Waals surface area contributed by atoms with Gasteiger partial charge in [0.05, 0.1) is 41.7 Å². The van der Waals surface area contributed by atoms with Crippen LogP contribution in [0.25, 0.3) is 0 Å². The molecule has 3 atom stereocenters. The number of carbonyl (C=O) groups excluding carboxylic acids is 1. The van der Waals surface area contributed by atoms with Gasteiger partial charge in [0.15, 0.2) is 0 Å². The second-order valence-electron chi connectivity index (χ2n) is 8.61. The minimum Gasteiger partial charge on any atom is -0.462 e. The summed E-state index contributed by atoms with van der Waals surface area (Å²) in [6, 6.07) is 5.72. The Morgan fingerprint density at radius 3 is 2.58 bits per heavy atom. The van der Waals surface area contributed by atoms with Crippen LogP contribution >= 0.6 is 0 Å². The number of morpholine rings is 1. The normalized spacial score (nSPS) is 27.7. The van der Waals surface area contributed by atoms with Crippen molar-refractivity contribution >= 4 is 26.0 Å². The third-order valence-corrected chi connectivity index (χ3v) is 10.4. The van der Waals surface area contributed by atoms with Crippen LogP contribution in [0.5, 0.6) is 0 Å². The minimum absolute atomic E-state index is 0.0820. The first-order chi connectivity index (χ1) is 15.8. The van der Waals surface area contributed by atoms with Gasteiger partial charge in [0.1, 0.15) is 0 Å². The van der Waals surface area contributed by atoms with Crippen LogP contribution in [0.3, 0.4) is 0 Å². The van der Waals surface area contributed by atoms with Gasteiger partial charge < -0.3 is 14.8 Å². The molecule has 0 bridgehead atoms. The van der Waals surface area contributed by atoms with Crippen molar-refractivity contribution in [3.63, 3.8) is 0 Å². The number of hydrogen-bond acceptors (Lipinski definition) is 8. The first-order valence-electron chi connectivity index (χ1n) is 11.4. The van der Waals surface area contributed by atoms with Gasteiger partial charge in [0.2, 0.25) is 20.0 Å². The molecule has 3 aliphatic rings. The highest BCUT2D eigenvalue weighted by atomic mass is 32.2. The predicted octanol–water partition coefficient (Wildman–Crippen LogP) is 0.662. The fourth-order valence-corrected chi connectivity index (χ4v) is 8.14. The van der Waals surface area contributed by atoms with Gasteiger partial charge in [-0.25, -0.2) is 21.6 Å². The van der Waals surface area contributed by atoms with Crippen molar-refractivity contribution in [2.45, 2.75) is 48.4 Å². The Morgan fingerprint density at radius 2 is 1.85 bits per heavy atom. The molecule has 3 unspecified atom stereocenters. The molecule has 12 heteroatoms. The van der Waals surface area contributed by atoms with Crippen molar-refractivity contribution in [3.8, 4) is 0 Å². The predicted molar refractivity (Wildman–Crippen MR) is 121 cm³/mol. The Labute approximate surface area is 195 Å². The van der Waals surface area contributed by atoms with Gasteiger partial charge in [-0.1, -0.05) is 12.8 Å². The molecule has 2 aliphatic heterocycles. The molecule has 0 spiro atoms. The summed E-state index contributed by atoms with van der Waals surface area (Å²) in [6.07, 6.45) is 3.86. The van der Waals surface area contributed by atoms with E-state index in [0.717, 1.165) is 19.3 Å². The molecule has 184 valence electrons. The second-order valence-corrected chi connectivity index (χ2v) is 12.5. The summed E-state index contributed by atoms with van der Waals surface area (Å²) in [7, 11) is -6.87. The molecule has 0 amide bonds. The van der Waals surface area contributed by atoms with Crippen molar-refractivity contribution < 1.29 is 31.1 Å². The number of rotatable bonds is 8. The first-order valence-corrected chi connectivity index (χ1v) is 14.4. The third-order valence-electron chi connectivity index (χ3n) is 6.49. The van der Waals surface area contributed by atoms with Gasteiger partial charge in [-0.15, -0.1) is 0 Å². The molecule has 4 rings (SSSR count). The molecular formula is C21H31N3O7S2. The fourth-order valence-electron chi connectivity index (χ4n) is 4.71. The van der Waals surface area contributed by atoms with Crippen molar-refractivity contribution in [3.05, 3.63) is 29.8 Å². The molecule has 1 aliphatic carbocycles.